The SMILES string of the molecule is O=C(O)CSc1nccn1-c1ccc(Cl)c(F)c1. The number of rotatable bonds is 4. The molecule has 0 saturated heterocycles. The lowest BCUT2D eigenvalue weighted by Crippen LogP contribution is -2.01. The van der Waals surface area contributed by atoms with Gasteiger partial charge in [0.15, 0.2) is 5.16 Å². The van der Waals surface area contributed by atoms with Crippen LogP contribution in [-0.2, 0) is 4.79 Å². The van der Waals surface area contributed by atoms with Crippen molar-refractivity contribution in [1.82, 2.24) is 9.55 Å². The molecule has 1 heterocycles. The minimum atomic E-state index is -0.933. The number of carbonyl (C=O) groups is 1. The number of carboxylic acids is 1. The molecule has 1 aromatic heterocycles. The third kappa shape index (κ3) is 2.83. The van der Waals surface area contributed by atoms with Crippen LogP contribution in [0.5, 0.6) is 0 Å². The highest BCUT2D eigenvalue weighted by Gasteiger charge is 2.09. The van der Waals surface area contributed by atoms with E-state index in [4.69, 9.17) is 16.7 Å². The minimum absolute atomic E-state index is 0.0404. The molecule has 0 unspecified atom stereocenters. The number of hydrogen-bond acceptors (Lipinski definition) is 3. The van der Waals surface area contributed by atoms with E-state index in [2.05, 4.69) is 4.98 Å². The maximum absolute atomic E-state index is 13.4. The van der Waals surface area contributed by atoms with Crippen LogP contribution in [0.3, 0.4) is 0 Å². The van der Waals surface area contributed by atoms with E-state index in [1.165, 1.54) is 18.3 Å². The molecule has 18 heavy (non-hydrogen) atoms. The van der Waals surface area contributed by atoms with Gasteiger partial charge in [-0.1, -0.05) is 23.4 Å². The van der Waals surface area contributed by atoms with Crippen LogP contribution in [0.4, 0.5) is 4.39 Å². The topological polar surface area (TPSA) is 55.1 Å². The van der Waals surface area contributed by atoms with E-state index in [9.17, 15) is 9.18 Å². The third-order valence-electron chi connectivity index (χ3n) is 2.11. The summed E-state index contributed by atoms with van der Waals surface area (Å²) < 4.78 is 15.0. The van der Waals surface area contributed by atoms with Crippen molar-refractivity contribution in [2.24, 2.45) is 0 Å². The quantitative estimate of drug-likeness (QED) is 0.878. The number of nitrogens with zero attached hydrogens (tertiary/aromatic N) is 2. The van der Waals surface area contributed by atoms with Gasteiger partial charge in [-0.15, -0.1) is 0 Å². The molecular formula is C11H8ClFN2O2S. The molecule has 0 atom stereocenters. The Morgan fingerprint density at radius 3 is 3.00 bits per heavy atom. The number of carboxylic acid groups (broad SMARTS) is 1. The van der Waals surface area contributed by atoms with Gasteiger partial charge in [-0.05, 0) is 18.2 Å². The standard InChI is InChI=1S/C11H8ClFN2O2S/c12-8-2-1-7(5-9(8)13)15-4-3-14-11(15)18-6-10(16)17/h1-5H,6H2,(H,16,17). The second-order valence-electron chi connectivity index (χ2n) is 3.36. The second kappa shape index (κ2) is 5.41. The predicted molar refractivity (Wildman–Crippen MR) is 66.9 cm³/mol. The molecule has 0 spiro atoms. The van der Waals surface area contributed by atoms with E-state index in [0.29, 0.717) is 10.8 Å². The fraction of sp³-hybridized carbons (Fsp3) is 0.0909. The Labute approximate surface area is 111 Å². The van der Waals surface area contributed by atoms with Gasteiger partial charge in [0.2, 0.25) is 0 Å². The Kier molecular flexibility index (Phi) is 3.88. The van der Waals surface area contributed by atoms with Crippen molar-refractivity contribution in [3.63, 3.8) is 0 Å². The molecule has 0 bridgehead atoms. The summed E-state index contributed by atoms with van der Waals surface area (Å²) in [4.78, 5) is 14.5. The first-order chi connectivity index (χ1) is 8.58. The normalized spacial score (nSPS) is 10.6. The molecule has 4 nitrogen and oxygen atoms in total. The van der Waals surface area contributed by atoms with Crippen LogP contribution in [0, 0.1) is 5.82 Å². The third-order valence-corrected chi connectivity index (χ3v) is 3.37. The molecule has 0 amide bonds. The van der Waals surface area contributed by atoms with Crippen LogP contribution in [-0.4, -0.2) is 26.4 Å². The van der Waals surface area contributed by atoms with Gasteiger partial charge in [-0.2, -0.15) is 0 Å². The van der Waals surface area contributed by atoms with E-state index >= 15 is 0 Å². The van der Waals surface area contributed by atoms with Gasteiger partial charge < -0.3 is 5.11 Å². The highest BCUT2D eigenvalue weighted by Crippen LogP contribution is 2.23. The largest absolute Gasteiger partial charge is 0.481 e. The van der Waals surface area contributed by atoms with Gasteiger partial charge in [-0.3, -0.25) is 9.36 Å². The summed E-state index contributed by atoms with van der Waals surface area (Å²) in [7, 11) is 0. The van der Waals surface area contributed by atoms with Crippen LogP contribution in [0.15, 0.2) is 35.7 Å². The first-order valence-corrected chi connectivity index (χ1v) is 6.27. The van der Waals surface area contributed by atoms with Crippen molar-refractivity contribution in [2.45, 2.75) is 5.16 Å². The van der Waals surface area contributed by atoms with Crippen molar-refractivity contribution < 1.29 is 14.3 Å². The van der Waals surface area contributed by atoms with Crippen LogP contribution >= 0.6 is 23.4 Å². The van der Waals surface area contributed by atoms with E-state index in [1.807, 2.05) is 0 Å². The molecule has 94 valence electrons. The maximum atomic E-state index is 13.4. The van der Waals surface area contributed by atoms with E-state index in [-0.39, 0.29) is 10.8 Å². The van der Waals surface area contributed by atoms with Gasteiger partial charge >= 0.3 is 5.97 Å². The fourth-order valence-corrected chi connectivity index (χ4v) is 2.17. The molecule has 1 aromatic carbocycles. The lowest BCUT2D eigenvalue weighted by molar-refractivity contribution is -0.133. The molecule has 1 N–H and O–H groups in total. The molecule has 0 aliphatic carbocycles. The van der Waals surface area contributed by atoms with Gasteiger partial charge in [0.1, 0.15) is 5.82 Å². The summed E-state index contributed by atoms with van der Waals surface area (Å²) in [5.74, 6) is -1.57. The Balaban J connectivity index is 2.30. The first-order valence-electron chi connectivity index (χ1n) is 4.91. The number of imidazole rings is 1. The first kappa shape index (κ1) is 12.9. The number of aromatic nitrogens is 2. The van der Waals surface area contributed by atoms with Crippen molar-refractivity contribution in [1.29, 1.82) is 0 Å². The van der Waals surface area contributed by atoms with Gasteiger partial charge in [0, 0.05) is 12.4 Å². The van der Waals surface area contributed by atoms with Crippen molar-refractivity contribution >= 4 is 29.3 Å². The zero-order valence-corrected chi connectivity index (χ0v) is 10.6. The molecule has 2 aromatic rings. The van der Waals surface area contributed by atoms with Gasteiger partial charge in [0.25, 0.3) is 0 Å². The molecule has 0 aliphatic heterocycles. The van der Waals surface area contributed by atoms with E-state index in [0.717, 1.165) is 11.8 Å². The van der Waals surface area contributed by atoms with Gasteiger partial charge in [-0.25, -0.2) is 9.37 Å². The van der Waals surface area contributed by atoms with Crippen LogP contribution in [0.2, 0.25) is 5.02 Å². The fourth-order valence-electron chi connectivity index (χ4n) is 1.35. The number of thioether (sulfide) groups is 1. The maximum Gasteiger partial charge on any atom is 0.313 e. The second-order valence-corrected chi connectivity index (χ2v) is 4.71. The lowest BCUT2D eigenvalue weighted by atomic mass is 10.3. The van der Waals surface area contributed by atoms with Crippen molar-refractivity contribution in [3.8, 4) is 5.69 Å². The zero-order chi connectivity index (χ0) is 13.1. The minimum Gasteiger partial charge on any atom is -0.481 e. The summed E-state index contributed by atoms with van der Waals surface area (Å²) in [5.41, 5.74) is 0.544. The van der Waals surface area contributed by atoms with Crippen LogP contribution < -0.4 is 0 Å². The molecule has 0 aliphatic rings. The Bertz CT molecular complexity index is 588. The van der Waals surface area contributed by atoms with Crippen molar-refractivity contribution in [3.05, 3.63) is 41.4 Å². The molecule has 7 heteroatoms. The highest BCUT2D eigenvalue weighted by molar-refractivity contribution is 7.99. The summed E-state index contributed by atoms with van der Waals surface area (Å²) in [6.07, 6.45) is 3.16. The molecule has 0 radical (unpaired) electrons. The highest BCUT2D eigenvalue weighted by atomic mass is 35.5. The summed E-state index contributed by atoms with van der Waals surface area (Å²) in [5, 5.41) is 9.14. The molecule has 2 rings (SSSR count). The van der Waals surface area contributed by atoms with Crippen molar-refractivity contribution in [2.75, 3.05) is 5.75 Å². The van der Waals surface area contributed by atoms with E-state index < -0.39 is 11.8 Å². The zero-order valence-electron chi connectivity index (χ0n) is 9.01. The van der Waals surface area contributed by atoms with Crippen LogP contribution in [0.1, 0.15) is 0 Å². The number of hydrogen-bond donors (Lipinski definition) is 1. The molecular weight excluding hydrogens is 279 g/mol. The Morgan fingerprint density at radius 1 is 1.56 bits per heavy atom. The summed E-state index contributed by atoms with van der Waals surface area (Å²) >= 11 is 6.67. The Morgan fingerprint density at radius 2 is 2.33 bits per heavy atom. The summed E-state index contributed by atoms with van der Waals surface area (Å²) in [6.45, 7) is 0. The monoisotopic (exact) mass is 286 g/mol. The molecule has 0 fully saturated rings. The van der Waals surface area contributed by atoms with Crippen LogP contribution in [0.25, 0.3) is 5.69 Å². The Hall–Kier alpha value is -1.53. The lowest BCUT2D eigenvalue weighted by Gasteiger charge is -2.07. The number of halogens is 2. The average Bonchev–Trinajstić information content (AvgIpc) is 2.78. The van der Waals surface area contributed by atoms with Gasteiger partial charge in [0.05, 0.1) is 16.5 Å². The molecule has 0 saturated carbocycles. The average molecular weight is 287 g/mol. The van der Waals surface area contributed by atoms with E-state index in [1.54, 1.807) is 16.8 Å². The predicted octanol–water partition coefficient (Wildman–Crippen LogP) is 2.84. The number of aliphatic carboxylic acids is 1. The number of benzene rings is 1. The smallest absolute Gasteiger partial charge is 0.313 e. The summed E-state index contributed by atoms with van der Waals surface area (Å²) in [6, 6.07) is 4.35.